The first-order chi connectivity index (χ1) is 10.6. The van der Waals surface area contributed by atoms with Gasteiger partial charge in [0.2, 0.25) is 0 Å². The predicted molar refractivity (Wildman–Crippen MR) is 84.7 cm³/mol. The van der Waals surface area contributed by atoms with E-state index in [1.165, 1.54) is 7.11 Å². The molecule has 116 valence electrons. The van der Waals surface area contributed by atoms with Gasteiger partial charge in [-0.3, -0.25) is 4.79 Å². The van der Waals surface area contributed by atoms with Crippen molar-refractivity contribution in [3.63, 3.8) is 0 Å². The number of aldehydes is 1. The first-order valence-electron chi connectivity index (χ1n) is 7.04. The van der Waals surface area contributed by atoms with Gasteiger partial charge in [-0.2, -0.15) is 0 Å². The van der Waals surface area contributed by atoms with Gasteiger partial charge in [0.15, 0.2) is 13.1 Å². The Bertz CT molecular complexity index is 654. The van der Waals surface area contributed by atoms with Crippen LogP contribution >= 0.6 is 0 Å². The van der Waals surface area contributed by atoms with Gasteiger partial charge in [0.1, 0.15) is 11.5 Å². The summed E-state index contributed by atoms with van der Waals surface area (Å²) >= 11 is 0. The number of para-hydroxylation sites is 1. The lowest BCUT2D eigenvalue weighted by Crippen LogP contribution is -2.06. The van der Waals surface area contributed by atoms with Crippen LogP contribution in [0.5, 0.6) is 11.5 Å². The summed E-state index contributed by atoms with van der Waals surface area (Å²) in [5, 5.41) is 9.65. The number of ether oxygens (including phenoxy) is 2. The van der Waals surface area contributed by atoms with Crippen LogP contribution in [0.3, 0.4) is 0 Å². The van der Waals surface area contributed by atoms with Crippen LogP contribution < -0.4 is 4.74 Å². The number of aromatic hydroxyl groups is 1. The summed E-state index contributed by atoms with van der Waals surface area (Å²) in [6.45, 7) is 4.01. The fourth-order valence-corrected chi connectivity index (χ4v) is 2.57. The number of phenolic OH excluding ortho intramolecular Hbond substituents is 1. The molecule has 0 amide bonds. The molecule has 0 aliphatic heterocycles. The van der Waals surface area contributed by atoms with E-state index < -0.39 is 0 Å². The number of rotatable bonds is 6. The van der Waals surface area contributed by atoms with Crippen molar-refractivity contribution in [2.24, 2.45) is 0 Å². The summed E-state index contributed by atoms with van der Waals surface area (Å²) in [5.74, 6) is 0.808. The van der Waals surface area contributed by atoms with Crippen molar-refractivity contribution in [2.45, 2.75) is 20.3 Å². The summed E-state index contributed by atoms with van der Waals surface area (Å²) in [7, 11) is 1.54. The molecule has 1 N–H and O–H groups in total. The fourth-order valence-electron chi connectivity index (χ4n) is 2.57. The summed E-state index contributed by atoms with van der Waals surface area (Å²) < 4.78 is 10.5. The highest BCUT2D eigenvalue weighted by atomic mass is 16.7. The fraction of sp³-hybridized carbons (Fsp3) is 0.278. The van der Waals surface area contributed by atoms with Gasteiger partial charge in [0.05, 0.1) is 5.56 Å². The number of carbonyl (C=O) groups excluding carboxylic acids is 1. The van der Waals surface area contributed by atoms with Crippen LogP contribution in [0.4, 0.5) is 0 Å². The Labute approximate surface area is 130 Å². The maximum Gasteiger partial charge on any atom is 0.188 e. The highest BCUT2D eigenvalue weighted by molar-refractivity contribution is 5.80. The maximum absolute atomic E-state index is 11.2. The van der Waals surface area contributed by atoms with E-state index in [0.717, 1.165) is 28.5 Å². The van der Waals surface area contributed by atoms with Crippen molar-refractivity contribution in [1.29, 1.82) is 0 Å². The predicted octanol–water partition coefficient (Wildman–Crippen LogP) is 3.40. The largest absolute Gasteiger partial charge is 0.508 e. The molecule has 4 nitrogen and oxygen atoms in total. The van der Waals surface area contributed by atoms with E-state index in [4.69, 9.17) is 9.47 Å². The van der Waals surface area contributed by atoms with Crippen molar-refractivity contribution < 1.29 is 19.4 Å². The molecular weight excluding hydrogens is 280 g/mol. The standard InChI is InChI=1S/C18H20O4/c1-12-7-16(20)8-13(2)17(12)9-14-5-4-6-15(10-19)18(14)22-11-21-3/h4-8,10,20H,9,11H2,1-3H3. The highest BCUT2D eigenvalue weighted by Gasteiger charge is 2.13. The minimum atomic E-state index is 0.0887. The van der Waals surface area contributed by atoms with Gasteiger partial charge in [0, 0.05) is 13.5 Å². The van der Waals surface area contributed by atoms with Gasteiger partial charge in [-0.1, -0.05) is 12.1 Å². The Hall–Kier alpha value is -2.33. The average molecular weight is 300 g/mol. The van der Waals surface area contributed by atoms with Crippen molar-refractivity contribution in [3.05, 3.63) is 58.1 Å². The Morgan fingerprint density at radius 1 is 1.18 bits per heavy atom. The molecule has 2 aromatic carbocycles. The smallest absolute Gasteiger partial charge is 0.188 e. The number of benzene rings is 2. The lowest BCUT2D eigenvalue weighted by atomic mass is 9.94. The third-order valence-electron chi connectivity index (χ3n) is 3.62. The minimum Gasteiger partial charge on any atom is -0.508 e. The van der Waals surface area contributed by atoms with Crippen LogP contribution in [0.2, 0.25) is 0 Å². The lowest BCUT2D eigenvalue weighted by Gasteiger charge is -2.15. The van der Waals surface area contributed by atoms with E-state index >= 15 is 0 Å². The molecule has 2 aromatic rings. The van der Waals surface area contributed by atoms with Gasteiger partial charge in [-0.15, -0.1) is 0 Å². The maximum atomic E-state index is 11.2. The number of hydrogen-bond donors (Lipinski definition) is 1. The highest BCUT2D eigenvalue weighted by Crippen LogP contribution is 2.29. The van der Waals surface area contributed by atoms with Crippen molar-refractivity contribution in [1.82, 2.24) is 0 Å². The molecule has 0 heterocycles. The SMILES string of the molecule is COCOc1c(C=O)cccc1Cc1c(C)cc(O)cc1C. The second kappa shape index (κ2) is 7.09. The lowest BCUT2D eigenvalue weighted by molar-refractivity contribution is 0.0499. The second-order valence-electron chi connectivity index (χ2n) is 5.24. The zero-order valence-electron chi connectivity index (χ0n) is 13.1. The zero-order valence-corrected chi connectivity index (χ0v) is 13.1. The van der Waals surface area contributed by atoms with E-state index in [1.54, 1.807) is 18.2 Å². The van der Waals surface area contributed by atoms with E-state index in [2.05, 4.69) is 0 Å². The molecule has 0 aromatic heterocycles. The third kappa shape index (κ3) is 3.46. The monoisotopic (exact) mass is 300 g/mol. The normalized spacial score (nSPS) is 10.5. The molecule has 0 radical (unpaired) electrons. The molecule has 2 rings (SSSR count). The van der Waals surface area contributed by atoms with Crippen LogP contribution in [0.1, 0.15) is 32.6 Å². The minimum absolute atomic E-state index is 0.0887. The molecule has 0 atom stereocenters. The number of carbonyl (C=O) groups is 1. The van der Waals surface area contributed by atoms with E-state index in [9.17, 15) is 9.90 Å². The molecule has 0 fully saturated rings. The van der Waals surface area contributed by atoms with E-state index in [-0.39, 0.29) is 12.5 Å². The molecule has 0 saturated heterocycles. The number of methoxy groups -OCH3 is 1. The van der Waals surface area contributed by atoms with Gasteiger partial charge < -0.3 is 14.6 Å². The summed E-state index contributed by atoms with van der Waals surface area (Å²) in [4.78, 5) is 11.2. The molecule has 22 heavy (non-hydrogen) atoms. The van der Waals surface area contributed by atoms with Crippen LogP contribution in [0.15, 0.2) is 30.3 Å². The molecule has 0 aliphatic rings. The first-order valence-corrected chi connectivity index (χ1v) is 7.04. The average Bonchev–Trinajstić information content (AvgIpc) is 2.49. The zero-order chi connectivity index (χ0) is 16.1. The van der Waals surface area contributed by atoms with E-state index in [1.807, 2.05) is 26.0 Å². The summed E-state index contributed by atoms with van der Waals surface area (Å²) in [5.41, 5.74) is 4.55. The Kier molecular flexibility index (Phi) is 5.17. The molecule has 0 aliphatic carbocycles. The summed E-state index contributed by atoms with van der Waals surface area (Å²) in [6.07, 6.45) is 1.41. The van der Waals surface area contributed by atoms with Crippen LogP contribution in [0, 0.1) is 13.8 Å². The first kappa shape index (κ1) is 16.0. The molecular formula is C18H20O4. The van der Waals surface area contributed by atoms with Gasteiger partial charge in [-0.25, -0.2) is 0 Å². The van der Waals surface area contributed by atoms with Crippen LogP contribution in [0.25, 0.3) is 0 Å². The number of phenols is 1. The van der Waals surface area contributed by atoms with Crippen molar-refractivity contribution in [2.75, 3.05) is 13.9 Å². The molecule has 0 unspecified atom stereocenters. The number of aryl methyl sites for hydroxylation is 2. The van der Waals surface area contributed by atoms with Gasteiger partial charge in [0.25, 0.3) is 0 Å². The second-order valence-corrected chi connectivity index (χ2v) is 5.24. The topological polar surface area (TPSA) is 55.8 Å². The Balaban J connectivity index is 2.43. The van der Waals surface area contributed by atoms with Gasteiger partial charge >= 0.3 is 0 Å². The van der Waals surface area contributed by atoms with Crippen molar-refractivity contribution >= 4 is 6.29 Å². The molecule has 0 spiro atoms. The van der Waals surface area contributed by atoms with Crippen molar-refractivity contribution in [3.8, 4) is 11.5 Å². The van der Waals surface area contributed by atoms with E-state index in [0.29, 0.717) is 17.7 Å². The molecule has 0 saturated carbocycles. The molecule has 0 bridgehead atoms. The quantitative estimate of drug-likeness (QED) is 0.656. The van der Waals surface area contributed by atoms with Gasteiger partial charge in [-0.05, 0) is 54.3 Å². The number of hydrogen-bond acceptors (Lipinski definition) is 4. The van der Waals surface area contributed by atoms with Crippen LogP contribution in [-0.4, -0.2) is 25.3 Å². The Morgan fingerprint density at radius 3 is 2.45 bits per heavy atom. The van der Waals surface area contributed by atoms with Crippen LogP contribution in [-0.2, 0) is 11.2 Å². The molecule has 4 heteroatoms. The Morgan fingerprint density at radius 2 is 1.86 bits per heavy atom. The summed E-state index contributed by atoms with van der Waals surface area (Å²) in [6, 6.07) is 8.97. The third-order valence-corrected chi connectivity index (χ3v) is 3.62.